The lowest BCUT2D eigenvalue weighted by Gasteiger charge is -2.10. The van der Waals surface area contributed by atoms with Crippen molar-refractivity contribution in [1.82, 2.24) is 10.3 Å². The maximum atomic E-state index is 11.6. The maximum absolute atomic E-state index is 11.6. The van der Waals surface area contributed by atoms with Gasteiger partial charge in [-0.05, 0) is 32.1 Å². The number of aliphatic hydroxyl groups is 1. The fourth-order valence-electron chi connectivity index (χ4n) is 1.65. The Labute approximate surface area is 112 Å². The van der Waals surface area contributed by atoms with Gasteiger partial charge >= 0.3 is 0 Å². The Morgan fingerprint density at radius 3 is 3.00 bits per heavy atom. The van der Waals surface area contributed by atoms with Crippen LogP contribution < -0.4 is 5.32 Å². The molecule has 1 amide bonds. The first-order chi connectivity index (χ1) is 8.61. The molecule has 1 atom stereocenters. The van der Waals surface area contributed by atoms with Gasteiger partial charge < -0.3 is 10.4 Å². The van der Waals surface area contributed by atoms with Crippen LogP contribution >= 0.6 is 11.3 Å². The van der Waals surface area contributed by atoms with Crippen LogP contribution in [0.1, 0.15) is 36.9 Å². The van der Waals surface area contributed by atoms with Gasteiger partial charge in [-0.1, -0.05) is 6.92 Å². The molecule has 1 unspecified atom stereocenters. The molecule has 102 valence electrons. The van der Waals surface area contributed by atoms with Gasteiger partial charge in [0.15, 0.2) is 0 Å². The Morgan fingerprint density at radius 1 is 1.61 bits per heavy atom. The lowest BCUT2D eigenvalue weighted by molar-refractivity contribution is -0.121. The van der Waals surface area contributed by atoms with E-state index in [4.69, 9.17) is 5.11 Å². The zero-order valence-electron chi connectivity index (χ0n) is 11.1. The van der Waals surface area contributed by atoms with Gasteiger partial charge in [-0.3, -0.25) is 4.79 Å². The van der Waals surface area contributed by atoms with Crippen molar-refractivity contribution in [2.75, 3.05) is 13.2 Å². The average Bonchev–Trinajstić information content (AvgIpc) is 2.73. The van der Waals surface area contributed by atoms with E-state index in [2.05, 4.69) is 15.7 Å². The number of rotatable bonds is 8. The average molecular weight is 270 g/mol. The van der Waals surface area contributed by atoms with Gasteiger partial charge in [0.1, 0.15) is 0 Å². The summed E-state index contributed by atoms with van der Waals surface area (Å²) in [4.78, 5) is 15.9. The molecule has 0 saturated heterocycles. The molecule has 0 fully saturated rings. The smallest absolute Gasteiger partial charge is 0.220 e. The SMILES string of the molecule is Cc1nc(CCCC(=O)NCC(C)CCO)cs1. The van der Waals surface area contributed by atoms with E-state index in [0.29, 0.717) is 18.9 Å². The van der Waals surface area contributed by atoms with Crippen LogP contribution in [0.15, 0.2) is 5.38 Å². The van der Waals surface area contributed by atoms with E-state index in [1.807, 2.05) is 13.8 Å². The summed E-state index contributed by atoms with van der Waals surface area (Å²) in [6, 6.07) is 0. The molecule has 4 nitrogen and oxygen atoms in total. The lowest BCUT2D eigenvalue weighted by atomic mass is 10.1. The van der Waals surface area contributed by atoms with Gasteiger partial charge in [-0.25, -0.2) is 4.98 Å². The number of thiazole rings is 1. The van der Waals surface area contributed by atoms with Crippen molar-refractivity contribution in [2.45, 2.75) is 39.5 Å². The molecular weight excluding hydrogens is 248 g/mol. The Bertz CT molecular complexity index is 366. The number of nitrogens with one attached hydrogen (secondary N) is 1. The largest absolute Gasteiger partial charge is 0.396 e. The monoisotopic (exact) mass is 270 g/mol. The van der Waals surface area contributed by atoms with Crippen LogP contribution in [0.4, 0.5) is 0 Å². The molecule has 1 aromatic rings. The normalized spacial score (nSPS) is 12.4. The summed E-state index contributed by atoms with van der Waals surface area (Å²) in [6.07, 6.45) is 2.98. The summed E-state index contributed by atoms with van der Waals surface area (Å²) in [7, 11) is 0. The summed E-state index contributed by atoms with van der Waals surface area (Å²) in [5.74, 6) is 0.423. The van der Waals surface area contributed by atoms with Gasteiger partial charge in [0, 0.05) is 25.0 Å². The predicted octanol–water partition coefficient (Wildman–Crippen LogP) is 1.91. The number of amides is 1. The minimum Gasteiger partial charge on any atom is -0.396 e. The first-order valence-electron chi connectivity index (χ1n) is 6.40. The second kappa shape index (κ2) is 8.21. The van der Waals surface area contributed by atoms with Crippen molar-refractivity contribution in [2.24, 2.45) is 5.92 Å². The Hall–Kier alpha value is -0.940. The van der Waals surface area contributed by atoms with E-state index >= 15 is 0 Å². The Kier molecular flexibility index (Phi) is 6.90. The molecule has 0 aromatic carbocycles. The molecule has 18 heavy (non-hydrogen) atoms. The second-order valence-corrected chi connectivity index (χ2v) is 5.70. The summed E-state index contributed by atoms with van der Waals surface area (Å²) < 4.78 is 0. The van der Waals surface area contributed by atoms with Gasteiger partial charge in [-0.2, -0.15) is 0 Å². The first-order valence-corrected chi connectivity index (χ1v) is 7.28. The summed E-state index contributed by atoms with van der Waals surface area (Å²) >= 11 is 1.65. The van der Waals surface area contributed by atoms with Gasteiger partial charge in [-0.15, -0.1) is 11.3 Å². The molecule has 0 radical (unpaired) electrons. The van der Waals surface area contributed by atoms with Crippen molar-refractivity contribution in [1.29, 1.82) is 0 Å². The Morgan fingerprint density at radius 2 is 2.39 bits per heavy atom. The quantitative estimate of drug-likeness (QED) is 0.758. The summed E-state index contributed by atoms with van der Waals surface area (Å²) in [5.41, 5.74) is 1.08. The van der Waals surface area contributed by atoms with E-state index in [9.17, 15) is 4.79 Å². The van der Waals surface area contributed by atoms with Crippen molar-refractivity contribution in [3.8, 4) is 0 Å². The third-order valence-electron chi connectivity index (χ3n) is 2.77. The minimum atomic E-state index is 0.0896. The number of hydrogen-bond donors (Lipinski definition) is 2. The number of aliphatic hydroxyl groups excluding tert-OH is 1. The van der Waals surface area contributed by atoms with Crippen LogP contribution in [0, 0.1) is 12.8 Å². The highest BCUT2D eigenvalue weighted by Gasteiger charge is 2.06. The molecule has 0 spiro atoms. The number of carbonyl (C=O) groups excluding carboxylic acids is 1. The molecule has 0 aliphatic rings. The van der Waals surface area contributed by atoms with Crippen LogP contribution in [0.2, 0.25) is 0 Å². The number of aryl methyl sites for hydroxylation is 2. The Balaban J connectivity index is 2.10. The molecule has 1 aromatic heterocycles. The van der Waals surface area contributed by atoms with E-state index in [1.165, 1.54) is 0 Å². The van der Waals surface area contributed by atoms with E-state index in [1.54, 1.807) is 11.3 Å². The fourth-order valence-corrected chi connectivity index (χ4v) is 2.30. The van der Waals surface area contributed by atoms with Gasteiger partial charge in [0.2, 0.25) is 5.91 Å². The zero-order valence-corrected chi connectivity index (χ0v) is 11.9. The fraction of sp³-hybridized carbons (Fsp3) is 0.692. The van der Waals surface area contributed by atoms with Crippen molar-refractivity contribution >= 4 is 17.2 Å². The van der Waals surface area contributed by atoms with E-state index < -0.39 is 0 Å². The van der Waals surface area contributed by atoms with Gasteiger partial charge in [0.05, 0.1) is 10.7 Å². The minimum absolute atomic E-state index is 0.0896. The molecule has 5 heteroatoms. The molecule has 1 rings (SSSR count). The topological polar surface area (TPSA) is 62.2 Å². The summed E-state index contributed by atoms with van der Waals surface area (Å²) in [6.45, 7) is 4.84. The molecule has 0 aliphatic carbocycles. The van der Waals surface area contributed by atoms with E-state index in [0.717, 1.165) is 30.0 Å². The van der Waals surface area contributed by atoms with Gasteiger partial charge in [0.25, 0.3) is 0 Å². The highest BCUT2D eigenvalue weighted by Crippen LogP contribution is 2.10. The molecule has 0 bridgehead atoms. The van der Waals surface area contributed by atoms with Crippen molar-refractivity contribution in [3.63, 3.8) is 0 Å². The number of hydrogen-bond acceptors (Lipinski definition) is 4. The lowest BCUT2D eigenvalue weighted by Crippen LogP contribution is -2.28. The van der Waals surface area contributed by atoms with Crippen LogP contribution in [0.25, 0.3) is 0 Å². The van der Waals surface area contributed by atoms with Crippen LogP contribution in [0.3, 0.4) is 0 Å². The number of carbonyl (C=O) groups is 1. The number of aromatic nitrogens is 1. The zero-order chi connectivity index (χ0) is 13.4. The third kappa shape index (κ3) is 6.12. The van der Waals surface area contributed by atoms with Crippen molar-refractivity contribution in [3.05, 3.63) is 16.1 Å². The predicted molar refractivity (Wildman–Crippen MR) is 73.7 cm³/mol. The number of nitrogens with zero attached hydrogens (tertiary/aromatic N) is 1. The highest BCUT2D eigenvalue weighted by atomic mass is 32.1. The van der Waals surface area contributed by atoms with Crippen LogP contribution in [-0.2, 0) is 11.2 Å². The summed E-state index contributed by atoms with van der Waals surface area (Å²) in [5, 5.41) is 14.8. The maximum Gasteiger partial charge on any atom is 0.220 e. The van der Waals surface area contributed by atoms with Crippen LogP contribution in [0.5, 0.6) is 0 Å². The molecule has 0 aliphatic heterocycles. The molecular formula is C13H22N2O2S. The second-order valence-electron chi connectivity index (χ2n) is 4.63. The van der Waals surface area contributed by atoms with Crippen LogP contribution in [-0.4, -0.2) is 29.1 Å². The van der Waals surface area contributed by atoms with Crippen molar-refractivity contribution < 1.29 is 9.90 Å². The standard InChI is InChI=1S/C13H22N2O2S/c1-10(6-7-16)8-14-13(17)5-3-4-12-9-18-11(2)15-12/h9-10,16H,3-8H2,1-2H3,(H,14,17). The first kappa shape index (κ1) is 15.1. The molecule has 1 heterocycles. The molecule has 2 N–H and O–H groups in total. The van der Waals surface area contributed by atoms with E-state index in [-0.39, 0.29) is 12.5 Å². The molecule has 0 saturated carbocycles. The third-order valence-corrected chi connectivity index (χ3v) is 3.60. The highest BCUT2D eigenvalue weighted by molar-refractivity contribution is 7.09.